The van der Waals surface area contributed by atoms with Crippen molar-refractivity contribution in [2.45, 2.75) is 45.3 Å². The molecule has 1 aromatic carbocycles. The van der Waals surface area contributed by atoms with Crippen LogP contribution in [0, 0.1) is 6.92 Å². The van der Waals surface area contributed by atoms with E-state index in [0.29, 0.717) is 12.0 Å². The highest BCUT2D eigenvalue weighted by molar-refractivity contribution is 5.97. The highest BCUT2D eigenvalue weighted by atomic mass is 16.3. The van der Waals surface area contributed by atoms with Crippen molar-refractivity contribution in [1.82, 2.24) is 24.7 Å². The molecule has 1 aliphatic carbocycles. The Bertz CT molecular complexity index is 1290. The van der Waals surface area contributed by atoms with Gasteiger partial charge in [-0.2, -0.15) is 0 Å². The average molecular weight is 497 g/mol. The zero-order chi connectivity index (χ0) is 25.2. The van der Waals surface area contributed by atoms with Crippen molar-refractivity contribution >= 4 is 11.7 Å². The van der Waals surface area contributed by atoms with Gasteiger partial charge in [-0.15, -0.1) is 0 Å². The third-order valence-corrected chi connectivity index (χ3v) is 7.84. The third kappa shape index (κ3) is 5.59. The molecule has 0 saturated carbocycles. The SMILES string of the molecule is Cc1cnc(N=C2C=CC(N3CCN(C)CC3)CC2)nc1-c1cc2c(o1)CCN(Cc1ccccc1)C2. The predicted octanol–water partition coefficient (Wildman–Crippen LogP) is 4.64. The summed E-state index contributed by atoms with van der Waals surface area (Å²) in [4.78, 5) is 21.6. The first kappa shape index (κ1) is 24.2. The second-order valence-electron chi connectivity index (χ2n) is 10.6. The standard InChI is InChI=1S/C30H36N6O/c1-22-19-31-30(32-25-8-10-26(11-9-25)36-16-14-34(2)15-17-36)33-29(22)28-18-24-21-35(13-12-27(24)37-28)20-23-6-4-3-5-7-23/h3-8,10,18-19,26H,9,11-17,20-21H2,1-2H3. The summed E-state index contributed by atoms with van der Waals surface area (Å²) in [5, 5.41) is 0. The second-order valence-corrected chi connectivity index (χ2v) is 10.6. The first-order chi connectivity index (χ1) is 18.1. The lowest BCUT2D eigenvalue weighted by molar-refractivity contribution is 0.126. The van der Waals surface area contributed by atoms with E-state index in [1.54, 1.807) is 0 Å². The van der Waals surface area contributed by atoms with Crippen LogP contribution in [-0.4, -0.2) is 76.2 Å². The van der Waals surface area contributed by atoms with Crippen molar-refractivity contribution in [2.75, 3.05) is 39.8 Å². The van der Waals surface area contributed by atoms with Crippen LogP contribution in [0.4, 0.5) is 5.95 Å². The Morgan fingerprint density at radius 1 is 1.05 bits per heavy atom. The fourth-order valence-electron chi connectivity index (χ4n) is 5.60. The average Bonchev–Trinajstić information content (AvgIpc) is 3.35. The minimum atomic E-state index is 0.512. The number of hydrogen-bond acceptors (Lipinski definition) is 7. The first-order valence-corrected chi connectivity index (χ1v) is 13.5. The Labute approximate surface area is 219 Å². The maximum Gasteiger partial charge on any atom is 0.250 e. The van der Waals surface area contributed by atoms with E-state index in [4.69, 9.17) is 14.4 Å². The van der Waals surface area contributed by atoms with Crippen molar-refractivity contribution < 1.29 is 4.42 Å². The fraction of sp³-hybridized carbons (Fsp3) is 0.433. The number of nitrogens with zero attached hydrogens (tertiary/aromatic N) is 6. The molecule has 0 radical (unpaired) electrons. The van der Waals surface area contributed by atoms with Crippen LogP contribution >= 0.6 is 0 Å². The molecule has 1 unspecified atom stereocenters. The molecular formula is C30H36N6O. The fourth-order valence-corrected chi connectivity index (χ4v) is 5.60. The molecule has 1 atom stereocenters. The van der Waals surface area contributed by atoms with E-state index in [-0.39, 0.29) is 0 Å². The van der Waals surface area contributed by atoms with Gasteiger partial charge in [0.25, 0.3) is 0 Å². The highest BCUT2D eigenvalue weighted by Crippen LogP contribution is 2.31. The number of likely N-dealkylation sites (N-methyl/N-ethyl adjacent to an activating group) is 1. The van der Waals surface area contributed by atoms with Crippen LogP contribution in [0.3, 0.4) is 0 Å². The van der Waals surface area contributed by atoms with Crippen LogP contribution in [0.5, 0.6) is 0 Å². The molecule has 6 rings (SSSR count). The molecule has 2 aliphatic heterocycles. The number of hydrogen-bond donors (Lipinski definition) is 0. The van der Waals surface area contributed by atoms with Crippen LogP contribution in [0.25, 0.3) is 11.5 Å². The maximum atomic E-state index is 6.32. The largest absolute Gasteiger partial charge is 0.459 e. The van der Waals surface area contributed by atoms with E-state index in [1.165, 1.54) is 11.1 Å². The van der Waals surface area contributed by atoms with Gasteiger partial charge >= 0.3 is 0 Å². The maximum absolute atomic E-state index is 6.32. The molecular weight excluding hydrogens is 460 g/mol. The Kier molecular flexibility index (Phi) is 7.00. The van der Waals surface area contributed by atoms with Gasteiger partial charge in [0.05, 0.1) is 0 Å². The first-order valence-electron chi connectivity index (χ1n) is 13.5. The quantitative estimate of drug-likeness (QED) is 0.513. The summed E-state index contributed by atoms with van der Waals surface area (Å²) in [5.41, 5.74) is 5.50. The van der Waals surface area contributed by atoms with Crippen molar-refractivity contribution in [1.29, 1.82) is 0 Å². The van der Waals surface area contributed by atoms with Gasteiger partial charge in [-0.25, -0.2) is 15.0 Å². The number of benzene rings is 1. The van der Waals surface area contributed by atoms with Crippen molar-refractivity contribution in [2.24, 2.45) is 4.99 Å². The monoisotopic (exact) mass is 496 g/mol. The summed E-state index contributed by atoms with van der Waals surface area (Å²) in [7, 11) is 2.20. The summed E-state index contributed by atoms with van der Waals surface area (Å²) >= 11 is 0. The molecule has 3 aromatic rings. The van der Waals surface area contributed by atoms with Gasteiger partial charge in [-0.3, -0.25) is 9.80 Å². The Morgan fingerprint density at radius 3 is 2.68 bits per heavy atom. The number of aryl methyl sites for hydroxylation is 1. The minimum Gasteiger partial charge on any atom is -0.459 e. The molecule has 7 nitrogen and oxygen atoms in total. The molecule has 7 heteroatoms. The number of furan rings is 1. The molecule has 0 bridgehead atoms. The molecule has 1 saturated heterocycles. The van der Waals surface area contributed by atoms with Gasteiger partial charge in [-0.1, -0.05) is 36.4 Å². The van der Waals surface area contributed by atoms with E-state index < -0.39 is 0 Å². The van der Waals surface area contributed by atoms with E-state index in [2.05, 4.69) is 75.3 Å². The lowest BCUT2D eigenvalue weighted by Crippen LogP contribution is -2.49. The third-order valence-electron chi connectivity index (χ3n) is 7.84. The number of aromatic nitrogens is 2. The van der Waals surface area contributed by atoms with Gasteiger partial charge in [0.15, 0.2) is 5.76 Å². The summed E-state index contributed by atoms with van der Waals surface area (Å²) < 4.78 is 6.32. The van der Waals surface area contributed by atoms with Crippen LogP contribution < -0.4 is 0 Å². The predicted molar refractivity (Wildman–Crippen MR) is 147 cm³/mol. The molecule has 0 N–H and O–H groups in total. The van der Waals surface area contributed by atoms with Gasteiger partial charge in [0, 0.05) is 75.7 Å². The molecule has 37 heavy (non-hydrogen) atoms. The normalized spacial score (nSPS) is 22.4. The van der Waals surface area contributed by atoms with E-state index >= 15 is 0 Å². The van der Waals surface area contributed by atoms with Crippen molar-refractivity contribution in [3.63, 3.8) is 0 Å². The van der Waals surface area contributed by atoms with Crippen LogP contribution in [-0.2, 0) is 19.5 Å². The molecule has 0 amide bonds. The summed E-state index contributed by atoms with van der Waals surface area (Å²) in [5.74, 6) is 2.41. The van der Waals surface area contributed by atoms with Gasteiger partial charge in [0.1, 0.15) is 11.5 Å². The summed E-state index contributed by atoms with van der Waals surface area (Å²) in [6.45, 7) is 9.46. The molecule has 3 aliphatic rings. The molecule has 1 fully saturated rings. The van der Waals surface area contributed by atoms with E-state index in [1.807, 2.05) is 13.1 Å². The molecule has 0 spiro atoms. The van der Waals surface area contributed by atoms with Crippen LogP contribution in [0.2, 0.25) is 0 Å². The highest BCUT2D eigenvalue weighted by Gasteiger charge is 2.24. The Hall–Kier alpha value is -3.13. The summed E-state index contributed by atoms with van der Waals surface area (Å²) in [6.07, 6.45) is 9.31. The minimum absolute atomic E-state index is 0.512. The van der Waals surface area contributed by atoms with Gasteiger partial charge in [-0.05, 0) is 50.1 Å². The zero-order valence-corrected chi connectivity index (χ0v) is 21.9. The number of fused-ring (bicyclic) bond motifs is 1. The lowest BCUT2D eigenvalue weighted by atomic mass is 9.99. The smallest absolute Gasteiger partial charge is 0.250 e. The van der Waals surface area contributed by atoms with E-state index in [9.17, 15) is 0 Å². The van der Waals surface area contributed by atoms with Crippen molar-refractivity contribution in [3.8, 4) is 11.5 Å². The van der Waals surface area contributed by atoms with Crippen LogP contribution in [0.15, 0.2) is 64.2 Å². The Balaban J connectivity index is 1.15. The van der Waals surface area contributed by atoms with Gasteiger partial charge in [0.2, 0.25) is 5.95 Å². The zero-order valence-electron chi connectivity index (χ0n) is 21.9. The number of allylic oxidation sites excluding steroid dienone is 1. The van der Waals surface area contributed by atoms with Crippen LogP contribution in [0.1, 0.15) is 35.3 Å². The van der Waals surface area contributed by atoms with Crippen molar-refractivity contribution in [3.05, 3.63) is 77.2 Å². The number of piperazine rings is 1. The second kappa shape index (κ2) is 10.7. The Morgan fingerprint density at radius 2 is 1.89 bits per heavy atom. The molecule has 4 heterocycles. The number of aliphatic imine (C=N–C) groups is 1. The van der Waals surface area contributed by atoms with Gasteiger partial charge < -0.3 is 9.32 Å². The lowest BCUT2D eigenvalue weighted by Gasteiger charge is -2.37. The molecule has 192 valence electrons. The number of rotatable bonds is 5. The molecule has 2 aromatic heterocycles. The summed E-state index contributed by atoms with van der Waals surface area (Å²) in [6, 6.07) is 13.3. The van der Waals surface area contributed by atoms with E-state index in [0.717, 1.165) is 93.6 Å². The topological polar surface area (TPSA) is 61.0 Å².